The maximum Gasteiger partial charge on any atom is 0.270 e. The zero-order valence-electron chi connectivity index (χ0n) is 20.3. The van der Waals surface area contributed by atoms with E-state index in [-0.39, 0.29) is 11.9 Å². The minimum absolute atomic E-state index is 0.0184. The van der Waals surface area contributed by atoms with E-state index in [0.717, 1.165) is 55.7 Å². The zero-order chi connectivity index (χ0) is 24.4. The fourth-order valence-electron chi connectivity index (χ4n) is 5.02. The van der Waals surface area contributed by atoms with E-state index in [1.165, 1.54) is 12.8 Å². The maximum atomic E-state index is 12.9. The number of pyridine rings is 1. The first-order chi connectivity index (χ1) is 17.0. The van der Waals surface area contributed by atoms with Crippen molar-refractivity contribution in [2.45, 2.75) is 31.7 Å². The van der Waals surface area contributed by atoms with E-state index in [1.807, 2.05) is 24.4 Å². The first-order valence-electron chi connectivity index (χ1n) is 12.2. The Morgan fingerprint density at radius 3 is 2.57 bits per heavy atom. The summed E-state index contributed by atoms with van der Waals surface area (Å²) in [6.45, 7) is 3.99. The number of carbonyl (C=O) groups is 1. The van der Waals surface area contributed by atoms with Crippen molar-refractivity contribution in [1.29, 1.82) is 5.26 Å². The SMILES string of the molecule is CN(C)C(=O)c1cc2cnc(Nc3ccc(N4CCN(CC#N)CC4)cn3)nc2n1C1CCCC1. The fourth-order valence-corrected chi connectivity index (χ4v) is 5.02. The Kier molecular flexibility index (Phi) is 6.51. The van der Waals surface area contributed by atoms with Crippen LogP contribution >= 0.6 is 0 Å². The van der Waals surface area contributed by atoms with E-state index in [2.05, 4.69) is 35.7 Å². The average Bonchev–Trinajstić information content (AvgIpc) is 3.52. The van der Waals surface area contributed by atoms with Gasteiger partial charge in [0, 0.05) is 57.9 Å². The van der Waals surface area contributed by atoms with E-state index in [0.29, 0.717) is 24.0 Å². The Labute approximate surface area is 205 Å². The van der Waals surface area contributed by atoms with Crippen molar-refractivity contribution < 1.29 is 4.79 Å². The number of nitrogens with one attached hydrogen (secondary N) is 1. The van der Waals surface area contributed by atoms with Gasteiger partial charge in [0.2, 0.25) is 5.95 Å². The van der Waals surface area contributed by atoms with Crippen molar-refractivity contribution in [3.63, 3.8) is 0 Å². The van der Waals surface area contributed by atoms with Crippen molar-refractivity contribution in [2.75, 3.05) is 57.0 Å². The number of aromatic nitrogens is 4. The number of hydrogen-bond acceptors (Lipinski definition) is 8. The number of piperazine rings is 1. The average molecular weight is 474 g/mol. The van der Waals surface area contributed by atoms with Gasteiger partial charge >= 0.3 is 0 Å². The van der Waals surface area contributed by atoms with Crippen molar-refractivity contribution in [3.8, 4) is 6.07 Å². The summed E-state index contributed by atoms with van der Waals surface area (Å²) in [6, 6.07) is 8.38. The second-order valence-corrected chi connectivity index (χ2v) is 9.46. The minimum atomic E-state index is -0.0184. The second kappa shape index (κ2) is 9.88. The molecule has 182 valence electrons. The summed E-state index contributed by atoms with van der Waals surface area (Å²) in [7, 11) is 3.55. The summed E-state index contributed by atoms with van der Waals surface area (Å²) in [6.07, 6.45) is 8.07. The summed E-state index contributed by atoms with van der Waals surface area (Å²) in [5.41, 5.74) is 2.51. The van der Waals surface area contributed by atoms with Gasteiger partial charge in [0.15, 0.2) is 0 Å². The summed E-state index contributed by atoms with van der Waals surface area (Å²) in [5.74, 6) is 1.11. The molecule has 0 atom stereocenters. The molecule has 1 amide bonds. The molecule has 4 heterocycles. The van der Waals surface area contributed by atoms with Gasteiger partial charge < -0.3 is 19.7 Å². The highest BCUT2D eigenvalue weighted by molar-refractivity contribution is 5.97. The van der Waals surface area contributed by atoms with Crippen molar-refractivity contribution >= 4 is 34.4 Å². The van der Waals surface area contributed by atoms with E-state index in [4.69, 9.17) is 10.2 Å². The monoisotopic (exact) mass is 473 g/mol. The summed E-state index contributed by atoms with van der Waals surface area (Å²) in [5, 5.41) is 13.0. The molecule has 1 N–H and O–H groups in total. The molecule has 1 saturated carbocycles. The van der Waals surface area contributed by atoms with Crippen LogP contribution in [-0.2, 0) is 0 Å². The molecule has 35 heavy (non-hydrogen) atoms. The van der Waals surface area contributed by atoms with E-state index < -0.39 is 0 Å². The van der Waals surface area contributed by atoms with Crippen LogP contribution in [0.2, 0.25) is 0 Å². The lowest BCUT2D eigenvalue weighted by Gasteiger charge is -2.34. The van der Waals surface area contributed by atoms with E-state index in [9.17, 15) is 4.79 Å². The molecule has 10 heteroatoms. The predicted molar refractivity (Wildman–Crippen MR) is 135 cm³/mol. The van der Waals surface area contributed by atoms with Crippen LogP contribution < -0.4 is 10.2 Å². The molecule has 1 aliphatic heterocycles. The topological polar surface area (TPSA) is 106 Å². The third kappa shape index (κ3) is 4.77. The van der Waals surface area contributed by atoms with Gasteiger partial charge in [0.25, 0.3) is 5.91 Å². The van der Waals surface area contributed by atoms with Crippen molar-refractivity contribution in [1.82, 2.24) is 29.3 Å². The first-order valence-corrected chi connectivity index (χ1v) is 12.2. The normalized spacial score (nSPS) is 17.0. The molecule has 0 aromatic carbocycles. The van der Waals surface area contributed by atoms with Crippen LogP contribution in [0.3, 0.4) is 0 Å². The van der Waals surface area contributed by atoms with Crippen LogP contribution in [0.4, 0.5) is 17.5 Å². The van der Waals surface area contributed by atoms with Gasteiger partial charge in [-0.1, -0.05) is 12.8 Å². The first kappa shape index (κ1) is 23.1. The quantitative estimate of drug-likeness (QED) is 0.545. The number of rotatable bonds is 6. The molecule has 10 nitrogen and oxygen atoms in total. The largest absolute Gasteiger partial charge is 0.368 e. The summed E-state index contributed by atoms with van der Waals surface area (Å²) < 4.78 is 2.11. The molecule has 1 aliphatic carbocycles. The molecule has 0 bridgehead atoms. The Morgan fingerprint density at radius 1 is 1.14 bits per heavy atom. The van der Waals surface area contributed by atoms with Crippen LogP contribution in [0.5, 0.6) is 0 Å². The molecule has 3 aromatic heterocycles. The van der Waals surface area contributed by atoms with Crippen LogP contribution in [0.15, 0.2) is 30.6 Å². The number of hydrogen-bond donors (Lipinski definition) is 1. The van der Waals surface area contributed by atoms with Gasteiger partial charge in [-0.2, -0.15) is 10.2 Å². The Morgan fingerprint density at radius 2 is 1.91 bits per heavy atom. The Hall–Kier alpha value is -3.71. The van der Waals surface area contributed by atoms with Crippen molar-refractivity contribution in [3.05, 3.63) is 36.3 Å². The van der Waals surface area contributed by atoms with Crippen LogP contribution in [0.25, 0.3) is 11.0 Å². The lowest BCUT2D eigenvalue weighted by atomic mass is 10.2. The van der Waals surface area contributed by atoms with Crippen LogP contribution in [0.1, 0.15) is 42.2 Å². The van der Waals surface area contributed by atoms with Gasteiger partial charge in [0.1, 0.15) is 17.2 Å². The van der Waals surface area contributed by atoms with Crippen LogP contribution in [0, 0.1) is 11.3 Å². The lowest BCUT2D eigenvalue weighted by molar-refractivity contribution is 0.0815. The zero-order valence-corrected chi connectivity index (χ0v) is 20.3. The number of anilines is 3. The van der Waals surface area contributed by atoms with Gasteiger partial charge in [0.05, 0.1) is 24.5 Å². The molecule has 0 unspecified atom stereocenters. The molecule has 0 radical (unpaired) electrons. The number of carbonyl (C=O) groups excluding carboxylic acids is 1. The highest BCUT2D eigenvalue weighted by Crippen LogP contribution is 2.35. The number of nitriles is 1. The van der Waals surface area contributed by atoms with Gasteiger partial charge in [-0.05, 0) is 31.0 Å². The Bertz CT molecular complexity index is 1230. The van der Waals surface area contributed by atoms with E-state index >= 15 is 0 Å². The highest BCUT2D eigenvalue weighted by Gasteiger charge is 2.26. The number of nitrogens with zero attached hydrogens (tertiary/aromatic N) is 8. The molecule has 3 aromatic rings. The minimum Gasteiger partial charge on any atom is -0.368 e. The van der Waals surface area contributed by atoms with Gasteiger partial charge in [-0.25, -0.2) is 9.97 Å². The van der Waals surface area contributed by atoms with E-state index in [1.54, 1.807) is 25.2 Å². The summed E-state index contributed by atoms with van der Waals surface area (Å²) in [4.78, 5) is 32.8. The second-order valence-electron chi connectivity index (χ2n) is 9.46. The van der Waals surface area contributed by atoms with Gasteiger partial charge in [-0.3, -0.25) is 9.69 Å². The number of fused-ring (bicyclic) bond motifs is 1. The smallest absolute Gasteiger partial charge is 0.270 e. The predicted octanol–water partition coefficient (Wildman–Crippen LogP) is 3.03. The molecule has 5 rings (SSSR count). The molecular weight excluding hydrogens is 442 g/mol. The molecule has 2 fully saturated rings. The third-order valence-corrected chi connectivity index (χ3v) is 6.91. The fraction of sp³-hybridized carbons (Fsp3) is 0.480. The number of amides is 1. The molecular formula is C25H31N9O. The van der Waals surface area contributed by atoms with Crippen LogP contribution in [-0.4, -0.2) is 82.0 Å². The molecule has 2 aliphatic rings. The van der Waals surface area contributed by atoms with Crippen molar-refractivity contribution in [2.24, 2.45) is 0 Å². The standard InChI is InChI=1S/C25H31N9O/c1-31(2)24(35)21-15-18-16-28-25(30-23(18)34(21)19-5-3-4-6-19)29-22-8-7-20(17-27-22)33-13-11-32(10-9-26)12-14-33/h7-8,15-17,19H,3-6,10-14H2,1-2H3,(H,27,28,29,30). The Balaban J connectivity index is 1.35. The molecule has 1 saturated heterocycles. The lowest BCUT2D eigenvalue weighted by Crippen LogP contribution is -2.46. The highest BCUT2D eigenvalue weighted by atomic mass is 16.2. The summed E-state index contributed by atoms with van der Waals surface area (Å²) >= 11 is 0. The third-order valence-electron chi connectivity index (χ3n) is 6.91. The maximum absolute atomic E-state index is 12.9. The van der Waals surface area contributed by atoms with Gasteiger partial charge in [-0.15, -0.1) is 0 Å². The molecule has 0 spiro atoms.